The molecule has 0 fully saturated rings. The number of nitrogens with two attached hydrogens (primary N) is 1. The maximum atomic E-state index is 11.0. The first-order chi connectivity index (χ1) is 10.3. The molecule has 0 heterocycles. The molecule has 0 saturated heterocycles. The van der Waals surface area contributed by atoms with Crippen LogP contribution < -0.4 is 5.73 Å². The lowest BCUT2D eigenvalue weighted by Gasteiger charge is -2.09. The predicted octanol–water partition coefficient (Wildman–Crippen LogP) is 3.97. The number of hydrogen-bond donors (Lipinski definition) is 2. The Kier molecular flexibility index (Phi) is 10.3. The van der Waals surface area contributed by atoms with Crippen LogP contribution in [0.25, 0.3) is 0 Å². The van der Waals surface area contributed by atoms with Crippen molar-refractivity contribution in [2.45, 2.75) is 64.7 Å². The maximum absolute atomic E-state index is 11.0. The first-order valence-electron chi connectivity index (χ1n) is 8.07. The Labute approximate surface area is 135 Å². The van der Waals surface area contributed by atoms with Crippen molar-refractivity contribution in [3.05, 3.63) is 29.3 Å². The molecule has 5 heteroatoms. The maximum Gasteiger partial charge on any atom is 0.295 e. The van der Waals surface area contributed by atoms with Gasteiger partial charge in [-0.3, -0.25) is 4.55 Å². The van der Waals surface area contributed by atoms with Gasteiger partial charge in [0.1, 0.15) is 0 Å². The van der Waals surface area contributed by atoms with Crippen LogP contribution in [0.4, 0.5) is 0 Å². The summed E-state index contributed by atoms with van der Waals surface area (Å²) in [6, 6.07) is 5.15. The molecule has 1 rings (SSSR count). The Balaban J connectivity index is 0.000000433. The van der Waals surface area contributed by atoms with Crippen molar-refractivity contribution < 1.29 is 13.0 Å². The molecule has 1 unspecified atom stereocenters. The summed E-state index contributed by atoms with van der Waals surface area (Å²) in [7, 11) is -4.08. The minimum absolute atomic E-state index is 0.0532. The molecule has 0 saturated carbocycles. The van der Waals surface area contributed by atoms with Crippen LogP contribution in [0.15, 0.2) is 23.1 Å². The molecular formula is C17H31NO3S. The lowest BCUT2D eigenvalue weighted by Crippen LogP contribution is -2.12. The zero-order valence-corrected chi connectivity index (χ0v) is 15.1. The highest BCUT2D eigenvalue weighted by Gasteiger charge is 2.16. The second-order valence-corrected chi connectivity index (χ2v) is 6.90. The fourth-order valence-electron chi connectivity index (χ4n) is 2.34. The van der Waals surface area contributed by atoms with E-state index in [0.29, 0.717) is 17.5 Å². The molecule has 0 radical (unpaired) electrons. The normalized spacial score (nSPS) is 12.5. The van der Waals surface area contributed by atoms with Crippen molar-refractivity contribution in [1.29, 1.82) is 0 Å². The van der Waals surface area contributed by atoms with Gasteiger partial charge in [0, 0.05) is 0 Å². The number of unbranched alkanes of at least 4 members (excludes halogenated alkanes) is 1. The largest absolute Gasteiger partial charge is 0.330 e. The highest BCUT2D eigenvalue weighted by molar-refractivity contribution is 7.86. The van der Waals surface area contributed by atoms with E-state index in [0.717, 1.165) is 12.5 Å². The molecule has 22 heavy (non-hydrogen) atoms. The van der Waals surface area contributed by atoms with E-state index in [1.807, 2.05) is 6.92 Å². The van der Waals surface area contributed by atoms with E-state index in [1.165, 1.54) is 25.7 Å². The molecule has 0 aromatic heterocycles. The quantitative estimate of drug-likeness (QED) is 0.742. The minimum atomic E-state index is -4.08. The smallest absolute Gasteiger partial charge is 0.295 e. The Hall–Kier alpha value is -0.910. The molecule has 3 N–H and O–H groups in total. The highest BCUT2D eigenvalue weighted by Crippen LogP contribution is 2.20. The standard InChI is InChI=1S/C9H12O3S.C8H19N/c1-3-8-6-4-5-7(2)9(8)13(10,11)12;1-3-5-6-8(4-2)7-9/h4-6H,3H2,1-2H3,(H,10,11,12);8H,3-7,9H2,1-2H3. The van der Waals surface area contributed by atoms with E-state index in [9.17, 15) is 8.42 Å². The van der Waals surface area contributed by atoms with Gasteiger partial charge in [-0.05, 0) is 43.4 Å². The highest BCUT2D eigenvalue weighted by atomic mass is 32.2. The fourth-order valence-corrected chi connectivity index (χ4v) is 3.36. The van der Waals surface area contributed by atoms with Gasteiger partial charge >= 0.3 is 0 Å². The van der Waals surface area contributed by atoms with Crippen LogP contribution in [0, 0.1) is 12.8 Å². The first-order valence-corrected chi connectivity index (χ1v) is 9.51. The summed E-state index contributed by atoms with van der Waals surface area (Å²) in [6.07, 6.45) is 5.81. The zero-order valence-electron chi connectivity index (χ0n) is 14.3. The van der Waals surface area contributed by atoms with Crippen molar-refractivity contribution in [3.8, 4) is 0 Å². The van der Waals surface area contributed by atoms with E-state index in [4.69, 9.17) is 10.3 Å². The van der Waals surface area contributed by atoms with Crippen molar-refractivity contribution in [2.75, 3.05) is 6.54 Å². The van der Waals surface area contributed by atoms with Gasteiger partial charge in [0.05, 0.1) is 4.90 Å². The molecule has 0 aliphatic rings. The summed E-state index contributed by atoms with van der Waals surface area (Å²) < 4.78 is 30.9. The summed E-state index contributed by atoms with van der Waals surface area (Å²) in [5.41, 5.74) is 6.76. The molecule has 128 valence electrons. The van der Waals surface area contributed by atoms with E-state index in [2.05, 4.69) is 13.8 Å². The average molecular weight is 330 g/mol. The second kappa shape index (κ2) is 10.8. The minimum Gasteiger partial charge on any atom is -0.330 e. The zero-order chi connectivity index (χ0) is 17.2. The number of hydrogen-bond acceptors (Lipinski definition) is 3. The Morgan fingerprint density at radius 2 is 1.86 bits per heavy atom. The van der Waals surface area contributed by atoms with Crippen molar-refractivity contribution in [2.24, 2.45) is 11.7 Å². The van der Waals surface area contributed by atoms with Gasteiger partial charge in [-0.15, -0.1) is 0 Å². The SMILES string of the molecule is CCCCC(CC)CN.CCc1cccc(C)c1S(=O)(=O)O. The molecule has 0 spiro atoms. The van der Waals surface area contributed by atoms with Gasteiger partial charge < -0.3 is 5.73 Å². The molecule has 1 aromatic carbocycles. The summed E-state index contributed by atoms with van der Waals surface area (Å²) in [5.74, 6) is 0.782. The summed E-state index contributed by atoms with van der Waals surface area (Å²) in [4.78, 5) is 0.0532. The first kappa shape index (κ1) is 21.1. The van der Waals surface area contributed by atoms with Crippen LogP contribution in [-0.4, -0.2) is 19.5 Å². The van der Waals surface area contributed by atoms with E-state index < -0.39 is 10.1 Å². The van der Waals surface area contributed by atoms with Gasteiger partial charge in [-0.1, -0.05) is 58.2 Å². The number of rotatable bonds is 7. The molecule has 0 aliphatic heterocycles. The Bertz CT molecular complexity index is 523. The van der Waals surface area contributed by atoms with Gasteiger partial charge in [-0.25, -0.2) is 0 Å². The molecular weight excluding hydrogens is 298 g/mol. The van der Waals surface area contributed by atoms with E-state index in [1.54, 1.807) is 25.1 Å². The molecule has 4 nitrogen and oxygen atoms in total. The van der Waals surface area contributed by atoms with Gasteiger partial charge in [0.2, 0.25) is 0 Å². The van der Waals surface area contributed by atoms with Crippen molar-refractivity contribution in [1.82, 2.24) is 0 Å². The lowest BCUT2D eigenvalue weighted by atomic mass is 10.00. The van der Waals surface area contributed by atoms with Gasteiger partial charge in [0.15, 0.2) is 0 Å². The lowest BCUT2D eigenvalue weighted by molar-refractivity contribution is 0.461. The predicted molar refractivity (Wildman–Crippen MR) is 92.7 cm³/mol. The molecule has 1 aromatic rings. The second-order valence-electron chi connectivity index (χ2n) is 5.54. The monoisotopic (exact) mass is 329 g/mol. The van der Waals surface area contributed by atoms with Crippen molar-refractivity contribution in [3.63, 3.8) is 0 Å². The van der Waals surface area contributed by atoms with Crippen LogP contribution in [-0.2, 0) is 16.5 Å². The van der Waals surface area contributed by atoms with Crippen LogP contribution >= 0.6 is 0 Å². The molecule has 0 aliphatic carbocycles. The third-order valence-corrected chi connectivity index (χ3v) is 4.91. The van der Waals surface area contributed by atoms with Crippen molar-refractivity contribution >= 4 is 10.1 Å². The van der Waals surface area contributed by atoms with E-state index in [-0.39, 0.29) is 4.90 Å². The fraction of sp³-hybridized carbons (Fsp3) is 0.647. The van der Waals surface area contributed by atoms with Crippen LogP contribution in [0.1, 0.15) is 57.6 Å². The number of aryl methyl sites for hydroxylation is 2. The van der Waals surface area contributed by atoms with Crippen LogP contribution in [0.3, 0.4) is 0 Å². The molecule has 0 bridgehead atoms. The van der Waals surface area contributed by atoms with E-state index >= 15 is 0 Å². The Morgan fingerprint density at radius 1 is 1.23 bits per heavy atom. The number of benzene rings is 1. The van der Waals surface area contributed by atoms with Crippen LogP contribution in [0.2, 0.25) is 0 Å². The Morgan fingerprint density at radius 3 is 2.23 bits per heavy atom. The third kappa shape index (κ3) is 7.38. The summed E-state index contributed by atoms with van der Waals surface area (Å²) in [5, 5.41) is 0. The molecule has 0 amide bonds. The summed E-state index contributed by atoms with van der Waals surface area (Å²) in [6.45, 7) is 8.83. The third-order valence-electron chi connectivity index (χ3n) is 3.81. The van der Waals surface area contributed by atoms with Gasteiger partial charge in [0.25, 0.3) is 10.1 Å². The topological polar surface area (TPSA) is 80.4 Å². The van der Waals surface area contributed by atoms with Crippen LogP contribution in [0.5, 0.6) is 0 Å². The average Bonchev–Trinajstić information content (AvgIpc) is 2.47. The summed E-state index contributed by atoms with van der Waals surface area (Å²) >= 11 is 0. The molecule has 1 atom stereocenters. The van der Waals surface area contributed by atoms with Gasteiger partial charge in [-0.2, -0.15) is 8.42 Å².